The second-order valence-corrected chi connectivity index (χ2v) is 10.7. The van der Waals surface area contributed by atoms with Crippen molar-refractivity contribution in [3.05, 3.63) is 40.8 Å². The zero-order valence-corrected chi connectivity index (χ0v) is 22.1. The van der Waals surface area contributed by atoms with Crippen LogP contribution in [0.3, 0.4) is 0 Å². The van der Waals surface area contributed by atoms with Crippen LogP contribution in [0.4, 0.5) is 32.2 Å². The highest BCUT2D eigenvalue weighted by molar-refractivity contribution is 7.17. The quantitative estimate of drug-likeness (QED) is 0.388. The SMILES string of the molecule is C=C1CCCCN1C(=O)c1nc(C(=O)NCC(C)(C)O)sc1-c1cnc(N[C@@H](C)C(F)(F)F)cc1C(F)(F)F. The number of thiazole rings is 1. The third-order valence-corrected chi connectivity index (χ3v) is 6.83. The fraction of sp³-hybridized carbons (Fsp3) is 0.500. The number of likely N-dealkylation sites (tertiary alicyclic amines) is 1. The summed E-state index contributed by atoms with van der Waals surface area (Å²) in [4.78, 5) is 34.9. The van der Waals surface area contributed by atoms with Crippen molar-refractivity contribution in [2.75, 3.05) is 18.4 Å². The molecule has 0 spiro atoms. The molecule has 8 nitrogen and oxygen atoms in total. The largest absolute Gasteiger partial charge is 0.417 e. The molecule has 15 heteroatoms. The molecular weight excluding hydrogens is 552 g/mol. The van der Waals surface area contributed by atoms with Gasteiger partial charge in [-0.15, -0.1) is 11.3 Å². The fourth-order valence-electron chi connectivity index (χ4n) is 3.64. The third-order valence-electron chi connectivity index (χ3n) is 5.74. The number of alkyl halides is 6. The Hall–Kier alpha value is -3.20. The Morgan fingerprint density at radius 2 is 1.87 bits per heavy atom. The minimum Gasteiger partial charge on any atom is -0.389 e. The van der Waals surface area contributed by atoms with Crippen molar-refractivity contribution in [2.45, 2.75) is 64.0 Å². The maximum atomic E-state index is 14.1. The first-order chi connectivity index (χ1) is 17.9. The summed E-state index contributed by atoms with van der Waals surface area (Å²) in [5, 5.41) is 13.9. The Morgan fingerprint density at radius 1 is 1.21 bits per heavy atom. The van der Waals surface area contributed by atoms with Crippen LogP contribution >= 0.6 is 11.3 Å². The first kappa shape index (κ1) is 30.3. The van der Waals surface area contributed by atoms with E-state index in [2.05, 4.69) is 21.9 Å². The van der Waals surface area contributed by atoms with Crippen LogP contribution in [0.2, 0.25) is 0 Å². The summed E-state index contributed by atoms with van der Waals surface area (Å²) in [6.07, 6.45) is -7.23. The first-order valence-electron chi connectivity index (χ1n) is 11.8. The van der Waals surface area contributed by atoms with Gasteiger partial charge < -0.3 is 20.6 Å². The van der Waals surface area contributed by atoms with E-state index < -0.39 is 58.4 Å². The van der Waals surface area contributed by atoms with Gasteiger partial charge in [0.05, 0.1) is 16.0 Å². The van der Waals surface area contributed by atoms with E-state index in [1.165, 1.54) is 18.7 Å². The maximum Gasteiger partial charge on any atom is 0.417 e. The summed E-state index contributed by atoms with van der Waals surface area (Å²) in [6, 6.07) is -1.77. The Labute approximate surface area is 224 Å². The van der Waals surface area contributed by atoms with E-state index in [-0.39, 0.29) is 23.0 Å². The van der Waals surface area contributed by atoms with Crippen LogP contribution < -0.4 is 10.6 Å². The predicted molar refractivity (Wildman–Crippen MR) is 132 cm³/mol. The number of piperidine rings is 1. The van der Waals surface area contributed by atoms with Gasteiger partial charge >= 0.3 is 12.4 Å². The zero-order chi connectivity index (χ0) is 29.3. The Bertz CT molecular complexity index is 1250. The van der Waals surface area contributed by atoms with E-state index in [0.29, 0.717) is 42.1 Å². The molecule has 0 unspecified atom stereocenters. The summed E-state index contributed by atoms with van der Waals surface area (Å²) >= 11 is 0.497. The van der Waals surface area contributed by atoms with Gasteiger partial charge in [0.1, 0.15) is 17.6 Å². The van der Waals surface area contributed by atoms with Gasteiger partial charge in [-0.1, -0.05) is 6.58 Å². The van der Waals surface area contributed by atoms with Gasteiger partial charge in [-0.05, 0) is 46.1 Å². The average molecular weight is 580 g/mol. The molecule has 0 aromatic carbocycles. The number of pyridine rings is 1. The van der Waals surface area contributed by atoms with Crippen molar-refractivity contribution in [2.24, 2.45) is 0 Å². The second kappa shape index (κ2) is 11.1. The van der Waals surface area contributed by atoms with Crippen molar-refractivity contribution in [3.63, 3.8) is 0 Å². The minimum absolute atomic E-state index is 0.208. The highest BCUT2D eigenvalue weighted by atomic mass is 32.1. The second-order valence-electron chi connectivity index (χ2n) is 9.69. The van der Waals surface area contributed by atoms with Gasteiger partial charge in [0.25, 0.3) is 11.8 Å². The van der Waals surface area contributed by atoms with Gasteiger partial charge in [0, 0.05) is 30.5 Å². The van der Waals surface area contributed by atoms with E-state index >= 15 is 0 Å². The number of aromatic nitrogens is 2. The third kappa shape index (κ3) is 7.47. The number of allylic oxidation sites excluding steroid dienone is 1. The van der Waals surface area contributed by atoms with E-state index in [1.54, 1.807) is 0 Å². The molecule has 1 atom stereocenters. The molecule has 1 fully saturated rings. The van der Waals surface area contributed by atoms with Crippen LogP contribution in [0.1, 0.15) is 65.9 Å². The molecule has 2 amide bonds. The van der Waals surface area contributed by atoms with Crippen LogP contribution in [0.15, 0.2) is 24.5 Å². The monoisotopic (exact) mass is 579 g/mol. The Morgan fingerprint density at radius 3 is 2.44 bits per heavy atom. The van der Waals surface area contributed by atoms with E-state index in [1.807, 2.05) is 5.32 Å². The van der Waals surface area contributed by atoms with E-state index in [9.17, 15) is 41.0 Å². The molecule has 0 bridgehead atoms. The van der Waals surface area contributed by atoms with Crippen LogP contribution in [-0.4, -0.2) is 62.7 Å². The van der Waals surface area contributed by atoms with Crippen molar-refractivity contribution in [1.29, 1.82) is 0 Å². The lowest BCUT2D eigenvalue weighted by Crippen LogP contribution is -2.38. The highest BCUT2D eigenvalue weighted by Gasteiger charge is 2.40. The van der Waals surface area contributed by atoms with Gasteiger partial charge in [0.15, 0.2) is 5.01 Å². The molecule has 214 valence electrons. The predicted octanol–water partition coefficient (Wildman–Crippen LogP) is 5.23. The molecule has 0 aliphatic carbocycles. The summed E-state index contributed by atoms with van der Waals surface area (Å²) in [5.74, 6) is -2.28. The number of nitrogens with one attached hydrogen (secondary N) is 2. The van der Waals surface area contributed by atoms with Gasteiger partial charge in [0.2, 0.25) is 0 Å². The number of hydrogen-bond acceptors (Lipinski definition) is 7. The standard InChI is InChI=1S/C24H27F6N5O3S/c1-12-7-5-6-8-35(12)21(37)17-18(39-20(34-17)19(36)32-11-22(3,4)38)14-10-31-16(9-15(14)24(28,29)30)33-13(2)23(25,26)27/h9-10,13,38H,1,5-8,11H2,2-4H3,(H,31,33)(H,32,36)/t13-/m0/s1. The minimum atomic E-state index is -5.06. The number of carbonyl (C=O) groups is 2. The van der Waals surface area contributed by atoms with E-state index in [4.69, 9.17) is 0 Å². The van der Waals surface area contributed by atoms with Gasteiger partial charge in [-0.3, -0.25) is 9.59 Å². The molecule has 3 heterocycles. The van der Waals surface area contributed by atoms with Crippen LogP contribution in [0.5, 0.6) is 0 Å². The summed E-state index contributed by atoms with van der Waals surface area (Å²) < 4.78 is 81.3. The molecule has 0 radical (unpaired) electrons. The molecule has 3 N–H and O–H groups in total. The van der Waals surface area contributed by atoms with Gasteiger partial charge in [-0.25, -0.2) is 9.97 Å². The number of nitrogens with zero attached hydrogens (tertiary/aromatic N) is 3. The smallest absolute Gasteiger partial charge is 0.389 e. The average Bonchev–Trinajstić information content (AvgIpc) is 3.26. The molecular formula is C24H27F6N5O3S. The van der Waals surface area contributed by atoms with Crippen molar-refractivity contribution in [1.82, 2.24) is 20.2 Å². The normalized spacial score (nSPS) is 15.7. The molecule has 0 saturated carbocycles. The fourth-order valence-corrected chi connectivity index (χ4v) is 4.63. The number of amides is 2. The molecule has 39 heavy (non-hydrogen) atoms. The molecule has 2 aromatic heterocycles. The Kier molecular flexibility index (Phi) is 8.65. The summed E-state index contributed by atoms with van der Waals surface area (Å²) in [7, 11) is 0. The van der Waals surface area contributed by atoms with Crippen LogP contribution in [0.25, 0.3) is 10.4 Å². The van der Waals surface area contributed by atoms with Crippen LogP contribution in [-0.2, 0) is 6.18 Å². The zero-order valence-electron chi connectivity index (χ0n) is 21.3. The summed E-state index contributed by atoms with van der Waals surface area (Å²) in [6.45, 7) is 7.46. The molecule has 1 saturated heterocycles. The maximum absolute atomic E-state index is 14.1. The number of rotatable bonds is 7. The summed E-state index contributed by atoms with van der Waals surface area (Å²) in [5.41, 5.74) is -3.31. The lowest BCUT2D eigenvalue weighted by atomic mass is 10.0. The van der Waals surface area contributed by atoms with Crippen molar-refractivity contribution >= 4 is 29.0 Å². The molecule has 3 rings (SSSR count). The molecule has 2 aromatic rings. The molecule has 1 aliphatic heterocycles. The lowest BCUT2D eigenvalue weighted by Gasteiger charge is -2.28. The number of aliphatic hydroxyl groups is 1. The number of halogens is 6. The number of hydrogen-bond donors (Lipinski definition) is 3. The van der Waals surface area contributed by atoms with E-state index in [0.717, 1.165) is 13.3 Å². The highest BCUT2D eigenvalue weighted by Crippen LogP contribution is 2.42. The van der Waals surface area contributed by atoms with Crippen LogP contribution in [0, 0.1) is 0 Å². The molecule has 1 aliphatic rings. The Balaban J connectivity index is 2.13. The number of anilines is 1. The van der Waals surface area contributed by atoms with Crippen molar-refractivity contribution < 1.29 is 41.0 Å². The van der Waals surface area contributed by atoms with Crippen molar-refractivity contribution in [3.8, 4) is 10.4 Å². The van der Waals surface area contributed by atoms with Gasteiger partial charge in [-0.2, -0.15) is 26.3 Å². The number of carbonyl (C=O) groups excluding carboxylic acids is 2. The topological polar surface area (TPSA) is 107 Å². The first-order valence-corrected chi connectivity index (χ1v) is 12.6. The lowest BCUT2D eigenvalue weighted by molar-refractivity contribution is -0.138.